The van der Waals surface area contributed by atoms with Crippen LogP contribution >= 0.6 is 11.6 Å². The predicted octanol–water partition coefficient (Wildman–Crippen LogP) is 6.38. The molecule has 2 N–H and O–H groups in total. The number of pyridine rings is 1. The van der Waals surface area contributed by atoms with Crippen LogP contribution < -0.4 is 15.5 Å². The van der Waals surface area contributed by atoms with Crippen LogP contribution in [0.3, 0.4) is 0 Å². The van der Waals surface area contributed by atoms with E-state index in [-0.39, 0.29) is 0 Å². The van der Waals surface area contributed by atoms with Crippen molar-refractivity contribution < 1.29 is 0 Å². The zero-order valence-corrected chi connectivity index (χ0v) is 20.1. The molecule has 0 amide bonds. The van der Waals surface area contributed by atoms with E-state index in [9.17, 15) is 0 Å². The Morgan fingerprint density at radius 3 is 2.39 bits per heavy atom. The molecule has 3 aromatic carbocycles. The molecule has 0 aliphatic heterocycles. The van der Waals surface area contributed by atoms with E-state index in [4.69, 9.17) is 17.3 Å². The summed E-state index contributed by atoms with van der Waals surface area (Å²) in [4.78, 5) is 9.36. The Hall–Kier alpha value is -2.82. The number of anilines is 2. The van der Waals surface area contributed by atoms with Crippen molar-refractivity contribution in [3.8, 4) is 0 Å². The van der Waals surface area contributed by atoms with E-state index in [0.717, 1.165) is 43.1 Å². The highest BCUT2D eigenvalue weighted by Crippen LogP contribution is 2.36. The first-order chi connectivity index (χ1) is 16.0. The minimum atomic E-state index is 0.316. The maximum atomic E-state index is 6.28. The quantitative estimate of drug-likeness (QED) is 0.376. The number of aromatic nitrogens is 1. The van der Waals surface area contributed by atoms with Crippen LogP contribution in [-0.2, 0) is 6.54 Å². The third kappa shape index (κ3) is 4.38. The van der Waals surface area contributed by atoms with Gasteiger partial charge < -0.3 is 15.5 Å². The van der Waals surface area contributed by atoms with E-state index in [1.54, 1.807) is 0 Å². The topological polar surface area (TPSA) is 45.4 Å². The van der Waals surface area contributed by atoms with Crippen LogP contribution in [0.5, 0.6) is 0 Å². The fourth-order valence-corrected chi connectivity index (χ4v) is 5.40. The Bertz CT molecular complexity index is 1280. The van der Waals surface area contributed by atoms with Crippen LogP contribution in [0, 0.1) is 0 Å². The summed E-state index contributed by atoms with van der Waals surface area (Å²) in [6.45, 7) is 0.843. The molecule has 5 rings (SSSR count). The van der Waals surface area contributed by atoms with E-state index < -0.39 is 0 Å². The first-order valence-electron chi connectivity index (χ1n) is 11.8. The molecule has 170 valence electrons. The highest BCUT2D eigenvalue weighted by atomic mass is 35.5. The van der Waals surface area contributed by atoms with Gasteiger partial charge in [0.25, 0.3) is 0 Å². The number of benzene rings is 3. The summed E-state index contributed by atoms with van der Waals surface area (Å²) in [6, 6.07) is 22.2. The fraction of sp³-hybridized carbons (Fsp3) is 0.321. The van der Waals surface area contributed by atoms with Crippen molar-refractivity contribution in [2.24, 2.45) is 5.73 Å². The second kappa shape index (κ2) is 9.20. The lowest BCUT2D eigenvalue weighted by Gasteiger charge is -2.38. The summed E-state index contributed by atoms with van der Waals surface area (Å²) >= 11 is 6.28. The number of fused-ring (bicyclic) bond motifs is 2. The molecule has 1 aliphatic rings. The molecule has 1 fully saturated rings. The SMILES string of the molecule is CN(C)c1ccc(CN(c2ccnc3cc(Cl)ccc23)C2CCC(N)CC2)c2ccccc12. The van der Waals surface area contributed by atoms with Crippen LogP contribution in [0.2, 0.25) is 5.02 Å². The number of rotatable bonds is 5. The van der Waals surface area contributed by atoms with Crippen LogP contribution in [0.15, 0.2) is 66.9 Å². The number of nitrogens with zero attached hydrogens (tertiary/aromatic N) is 3. The Kier molecular flexibility index (Phi) is 6.13. The molecule has 33 heavy (non-hydrogen) atoms. The van der Waals surface area contributed by atoms with Gasteiger partial charge in [0.05, 0.1) is 5.52 Å². The van der Waals surface area contributed by atoms with Gasteiger partial charge in [0.15, 0.2) is 0 Å². The van der Waals surface area contributed by atoms with Gasteiger partial charge in [0.1, 0.15) is 0 Å². The molecule has 4 aromatic rings. The third-order valence-electron chi connectivity index (χ3n) is 6.99. The minimum absolute atomic E-state index is 0.316. The van der Waals surface area contributed by atoms with Gasteiger partial charge in [0.2, 0.25) is 0 Å². The minimum Gasteiger partial charge on any atom is -0.377 e. The number of hydrogen-bond donors (Lipinski definition) is 1. The molecule has 1 aromatic heterocycles. The number of halogens is 1. The van der Waals surface area contributed by atoms with Gasteiger partial charge in [-0.3, -0.25) is 4.98 Å². The Labute approximate surface area is 201 Å². The maximum absolute atomic E-state index is 6.28. The standard InChI is InChI=1S/C28H31ClN4/c1-32(2)27-14-7-19(23-5-3-4-6-24(23)27)18-33(22-11-9-21(30)10-12-22)28-15-16-31-26-17-20(29)8-13-25(26)28/h3-8,13-17,21-22H,9-12,18,30H2,1-2H3. The largest absolute Gasteiger partial charge is 0.377 e. The Balaban J connectivity index is 1.62. The van der Waals surface area contributed by atoms with E-state index in [0.29, 0.717) is 17.1 Å². The Morgan fingerprint density at radius 2 is 1.64 bits per heavy atom. The van der Waals surface area contributed by atoms with Crippen molar-refractivity contribution in [3.05, 3.63) is 77.4 Å². The zero-order chi connectivity index (χ0) is 22.9. The van der Waals surface area contributed by atoms with Crippen LogP contribution in [0.4, 0.5) is 11.4 Å². The summed E-state index contributed by atoms with van der Waals surface area (Å²) < 4.78 is 0. The Morgan fingerprint density at radius 1 is 0.879 bits per heavy atom. The summed E-state index contributed by atoms with van der Waals surface area (Å²) in [6.07, 6.45) is 6.24. The van der Waals surface area contributed by atoms with Gasteiger partial charge >= 0.3 is 0 Å². The molecule has 0 unspecified atom stereocenters. The molecule has 0 spiro atoms. The van der Waals surface area contributed by atoms with Gasteiger partial charge in [-0.15, -0.1) is 0 Å². The van der Waals surface area contributed by atoms with Crippen molar-refractivity contribution >= 4 is 44.7 Å². The van der Waals surface area contributed by atoms with E-state index >= 15 is 0 Å². The highest BCUT2D eigenvalue weighted by Gasteiger charge is 2.26. The first-order valence-corrected chi connectivity index (χ1v) is 12.1. The number of nitrogens with two attached hydrogens (primary N) is 1. The molecule has 4 nitrogen and oxygen atoms in total. The maximum Gasteiger partial charge on any atom is 0.0737 e. The molecule has 5 heteroatoms. The monoisotopic (exact) mass is 458 g/mol. The third-order valence-corrected chi connectivity index (χ3v) is 7.22. The molecular weight excluding hydrogens is 428 g/mol. The smallest absolute Gasteiger partial charge is 0.0737 e. The van der Waals surface area contributed by atoms with E-state index in [2.05, 4.69) is 77.4 Å². The van der Waals surface area contributed by atoms with Crippen LogP contribution in [0.25, 0.3) is 21.7 Å². The van der Waals surface area contributed by atoms with Gasteiger partial charge in [-0.1, -0.05) is 41.9 Å². The second-order valence-electron chi connectivity index (χ2n) is 9.37. The van der Waals surface area contributed by atoms with Crippen molar-refractivity contribution in [1.82, 2.24) is 4.98 Å². The molecule has 0 bridgehead atoms. The average Bonchev–Trinajstić information content (AvgIpc) is 2.82. The molecular formula is C28H31ClN4. The number of hydrogen-bond acceptors (Lipinski definition) is 4. The highest BCUT2D eigenvalue weighted by molar-refractivity contribution is 6.31. The molecule has 1 saturated carbocycles. The zero-order valence-electron chi connectivity index (χ0n) is 19.3. The van der Waals surface area contributed by atoms with Crippen LogP contribution in [0.1, 0.15) is 31.2 Å². The second-order valence-corrected chi connectivity index (χ2v) is 9.81. The van der Waals surface area contributed by atoms with Gasteiger partial charge in [-0.25, -0.2) is 0 Å². The molecule has 0 saturated heterocycles. The normalized spacial score (nSPS) is 18.5. The summed E-state index contributed by atoms with van der Waals surface area (Å²) in [5.41, 5.74) is 11.0. The fourth-order valence-electron chi connectivity index (χ4n) is 5.24. The lowest BCUT2D eigenvalue weighted by Crippen LogP contribution is -2.40. The van der Waals surface area contributed by atoms with Gasteiger partial charge in [-0.2, -0.15) is 0 Å². The summed E-state index contributed by atoms with van der Waals surface area (Å²) in [7, 11) is 4.21. The van der Waals surface area contributed by atoms with Gasteiger partial charge in [0, 0.05) is 66.1 Å². The lowest BCUT2D eigenvalue weighted by molar-refractivity contribution is 0.375. The lowest BCUT2D eigenvalue weighted by atomic mass is 9.89. The summed E-state index contributed by atoms with van der Waals surface area (Å²) in [5, 5.41) is 4.46. The van der Waals surface area contributed by atoms with Crippen molar-refractivity contribution in [2.75, 3.05) is 23.9 Å². The first kappa shape index (κ1) is 22.0. The van der Waals surface area contributed by atoms with Crippen molar-refractivity contribution in [1.29, 1.82) is 0 Å². The van der Waals surface area contributed by atoms with Crippen molar-refractivity contribution in [2.45, 2.75) is 44.3 Å². The van der Waals surface area contributed by atoms with Gasteiger partial charge in [-0.05, 0) is 67.0 Å². The molecule has 1 aliphatic carbocycles. The summed E-state index contributed by atoms with van der Waals surface area (Å²) in [5.74, 6) is 0. The van der Waals surface area contributed by atoms with E-state index in [1.165, 1.54) is 27.7 Å². The average molecular weight is 459 g/mol. The predicted molar refractivity (Wildman–Crippen MR) is 141 cm³/mol. The van der Waals surface area contributed by atoms with Crippen molar-refractivity contribution in [3.63, 3.8) is 0 Å². The van der Waals surface area contributed by atoms with Crippen LogP contribution in [-0.4, -0.2) is 31.2 Å². The van der Waals surface area contributed by atoms with E-state index in [1.807, 2.05) is 18.3 Å². The molecule has 0 radical (unpaired) electrons. The molecule has 0 atom stereocenters. The molecule has 1 heterocycles.